The molecule has 244 valence electrons. The normalized spacial score (nSPS) is 11.7. The molecule has 1 unspecified atom stereocenters. The average Bonchev–Trinajstić information content (AvgIpc) is 3.57. The number of ether oxygens (including phenoxy) is 1. The summed E-state index contributed by atoms with van der Waals surface area (Å²) in [4.78, 5) is 47.0. The number of carbonyl (C=O) groups excluding carboxylic acids is 3. The molecule has 48 heavy (non-hydrogen) atoms. The highest BCUT2D eigenvalue weighted by Gasteiger charge is 2.19. The summed E-state index contributed by atoms with van der Waals surface area (Å²) < 4.78 is 5.30. The van der Waals surface area contributed by atoms with Crippen molar-refractivity contribution in [2.75, 3.05) is 36.7 Å². The molecule has 0 aliphatic rings. The van der Waals surface area contributed by atoms with Gasteiger partial charge in [-0.25, -0.2) is 4.98 Å². The van der Waals surface area contributed by atoms with Crippen molar-refractivity contribution in [2.45, 2.75) is 17.1 Å². The van der Waals surface area contributed by atoms with Gasteiger partial charge in [-0.1, -0.05) is 48.5 Å². The van der Waals surface area contributed by atoms with E-state index in [1.807, 2.05) is 92.0 Å². The van der Waals surface area contributed by atoms with Gasteiger partial charge in [0.05, 0.1) is 18.1 Å². The maximum atomic E-state index is 13.6. The van der Waals surface area contributed by atoms with E-state index in [1.165, 1.54) is 23.1 Å². The van der Waals surface area contributed by atoms with Crippen molar-refractivity contribution in [2.24, 2.45) is 0 Å². The summed E-state index contributed by atoms with van der Waals surface area (Å²) in [6.07, 6.45) is 1.64. The molecule has 1 aromatic heterocycles. The molecule has 4 aromatic carbocycles. The topological polar surface area (TPSA) is 113 Å². The molecule has 0 aliphatic carbocycles. The van der Waals surface area contributed by atoms with E-state index in [0.717, 1.165) is 33.2 Å². The summed E-state index contributed by atoms with van der Waals surface area (Å²) in [5.74, 6) is -0.356. The molecule has 1 atom stereocenters. The summed E-state index contributed by atoms with van der Waals surface area (Å²) in [6, 6.07) is 31.2. The molecule has 11 heteroatoms. The first kappa shape index (κ1) is 34.0. The second-order valence-corrected chi connectivity index (χ2v) is 13.1. The Labute approximate surface area is 288 Å². The van der Waals surface area contributed by atoms with Crippen LogP contribution < -0.4 is 25.6 Å². The maximum absolute atomic E-state index is 13.6. The number of thioether (sulfide) groups is 1. The van der Waals surface area contributed by atoms with Gasteiger partial charge >= 0.3 is 0 Å². The highest BCUT2D eigenvalue weighted by molar-refractivity contribution is 8.00. The number of rotatable bonds is 12. The minimum Gasteiger partial charge on any atom is -0.497 e. The van der Waals surface area contributed by atoms with E-state index in [-0.39, 0.29) is 11.6 Å². The number of hydrogen-bond donors (Lipinski definition) is 3. The third-order valence-electron chi connectivity index (χ3n) is 7.12. The van der Waals surface area contributed by atoms with E-state index in [4.69, 9.17) is 4.74 Å². The van der Waals surface area contributed by atoms with Crippen LogP contribution in [0.15, 0.2) is 119 Å². The van der Waals surface area contributed by atoms with Gasteiger partial charge in [0.25, 0.3) is 11.8 Å². The third-order valence-corrected chi connectivity index (χ3v) is 8.97. The fraction of sp³-hybridized carbons (Fsp3) is 0.135. The van der Waals surface area contributed by atoms with Crippen LogP contribution in [0.3, 0.4) is 0 Å². The van der Waals surface area contributed by atoms with Crippen molar-refractivity contribution in [3.63, 3.8) is 0 Å². The van der Waals surface area contributed by atoms with E-state index in [2.05, 4.69) is 20.9 Å². The summed E-state index contributed by atoms with van der Waals surface area (Å²) >= 11 is 2.70. The Morgan fingerprint density at radius 1 is 0.896 bits per heavy atom. The molecule has 3 amide bonds. The average molecular weight is 678 g/mol. The predicted molar refractivity (Wildman–Crippen MR) is 196 cm³/mol. The van der Waals surface area contributed by atoms with Crippen molar-refractivity contribution >= 4 is 63.4 Å². The van der Waals surface area contributed by atoms with Crippen LogP contribution in [0, 0.1) is 0 Å². The Balaban J connectivity index is 1.26. The van der Waals surface area contributed by atoms with Gasteiger partial charge in [0.1, 0.15) is 11.4 Å². The first-order valence-corrected chi connectivity index (χ1v) is 16.8. The van der Waals surface area contributed by atoms with Crippen LogP contribution in [0.1, 0.15) is 22.8 Å². The van der Waals surface area contributed by atoms with E-state index in [9.17, 15) is 14.4 Å². The van der Waals surface area contributed by atoms with Crippen LogP contribution in [0.25, 0.3) is 17.3 Å². The van der Waals surface area contributed by atoms with E-state index in [0.29, 0.717) is 16.4 Å². The lowest BCUT2D eigenvalue weighted by Crippen LogP contribution is -2.30. The summed E-state index contributed by atoms with van der Waals surface area (Å²) in [5, 5.41) is 10.5. The third kappa shape index (κ3) is 9.11. The lowest BCUT2D eigenvalue weighted by atomic mass is 10.1. The number of methoxy groups -OCH3 is 1. The Hall–Kier alpha value is -5.39. The van der Waals surface area contributed by atoms with Crippen LogP contribution >= 0.6 is 23.1 Å². The number of amides is 3. The second-order valence-electron chi connectivity index (χ2n) is 10.9. The van der Waals surface area contributed by atoms with E-state index < -0.39 is 17.1 Å². The van der Waals surface area contributed by atoms with E-state index in [1.54, 1.807) is 55.7 Å². The first-order chi connectivity index (χ1) is 23.2. The molecule has 0 radical (unpaired) electrons. The molecular weight excluding hydrogens is 643 g/mol. The lowest BCUT2D eigenvalue weighted by molar-refractivity contribution is -0.115. The number of aromatic nitrogens is 1. The number of nitrogens with zero attached hydrogens (tertiary/aromatic N) is 2. The van der Waals surface area contributed by atoms with Crippen LogP contribution in [0.5, 0.6) is 5.75 Å². The molecule has 1 heterocycles. The zero-order chi connectivity index (χ0) is 34.0. The summed E-state index contributed by atoms with van der Waals surface area (Å²) in [5.41, 5.74) is 4.43. The number of anilines is 3. The number of thiazole rings is 1. The minimum absolute atomic E-state index is 0.0871. The Bertz CT molecular complexity index is 1920. The van der Waals surface area contributed by atoms with Gasteiger partial charge < -0.3 is 25.6 Å². The quantitative estimate of drug-likeness (QED) is 0.0931. The molecule has 5 rings (SSSR count). The van der Waals surface area contributed by atoms with Crippen LogP contribution in [-0.4, -0.2) is 49.2 Å². The van der Waals surface area contributed by atoms with Gasteiger partial charge in [0.2, 0.25) is 5.91 Å². The molecule has 0 bridgehead atoms. The van der Waals surface area contributed by atoms with Crippen molar-refractivity contribution < 1.29 is 19.1 Å². The lowest BCUT2D eigenvalue weighted by Gasteiger charge is -2.14. The second kappa shape index (κ2) is 15.9. The highest BCUT2D eigenvalue weighted by Crippen LogP contribution is 2.30. The zero-order valence-electron chi connectivity index (χ0n) is 26.9. The van der Waals surface area contributed by atoms with Crippen molar-refractivity contribution in [3.05, 3.63) is 125 Å². The highest BCUT2D eigenvalue weighted by atomic mass is 32.2. The monoisotopic (exact) mass is 677 g/mol. The number of nitrogens with one attached hydrogen (secondary N) is 3. The van der Waals surface area contributed by atoms with Gasteiger partial charge in [-0.05, 0) is 73.2 Å². The molecule has 0 saturated carbocycles. The van der Waals surface area contributed by atoms with Gasteiger partial charge in [-0.15, -0.1) is 23.1 Å². The van der Waals surface area contributed by atoms with Gasteiger partial charge in [-0.2, -0.15) is 0 Å². The SMILES string of the molecule is COc1cccc(-c2csc(NC(=O)C(C)Sc3cccc(NC(=O)/C(=C\c4ccc(N(C)C)cc4)NC(=O)c4ccccc4)c3)n2)c1. The van der Waals surface area contributed by atoms with Gasteiger partial charge in [-0.3, -0.25) is 14.4 Å². The molecular formula is C37H35N5O4S2. The molecule has 0 fully saturated rings. The largest absolute Gasteiger partial charge is 0.497 e. The van der Waals surface area contributed by atoms with Crippen LogP contribution in [-0.2, 0) is 9.59 Å². The summed E-state index contributed by atoms with van der Waals surface area (Å²) in [6.45, 7) is 1.81. The molecule has 3 N–H and O–H groups in total. The minimum atomic E-state index is -0.487. The molecule has 0 saturated heterocycles. The molecule has 9 nitrogen and oxygen atoms in total. The Kier molecular flexibility index (Phi) is 11.3. The Morgan fingerprint density at radius 2 is 1.65 bits per heavy atom. The van der Waals surface area contributed by atoms with Gasteiger partial charge in [0.15, 0.2) is 5.13 Å². The molecule has 0 aliphatic heterocycles. The Morgan fingerprint density at radius 3 is 2.38 bits per heavy atom. The standard InChI is InChI=1S/C37H35N5O4S2/c1-24(34(43)41-37-40-33(23-47-37)27-12-8-14-30(21-27)46-4)48-31-15-9-13-28(22-31)38-36(45)32(39-35(44)26-10-6-5-7-11-26)20-25-16-18-29(19-17-25)42(2)3/h5-24H,1-4H3,(H,38,45)(H,39,44)(H,40,41,43)/b32-20+. The van der Waals surface area contributed by atoms with Crippen molar-refractivity contribution in [1.82, 2.24) is 10.3 Å². The van der Waals surface area contributed by atoms with Crippen LogP contribution in [0.4, 0.5) is 16.5 Å². The number of hydrogen-bond acceptors (Lipinski definition) is 8. The predicted octanol–water partition coefficient (Wildman–Crippen LogP) is 7.41. The molecule has 5 aromatic rings. The maximum Gasteiger partial charge on any atom is 0.272 e. The van der Waals surface area contributed by atoms with E-state index >= 15 is 0 Å². The zero-order valence-corrected chi connectivity index (χ0v) is 28.5. The summed E-state index contributed by atoms with van der Waals surface area (Å²) in [7, 11) is 5.51. The van der Waals surface area contributed by atoms with Crippen molar-refractivity contribution in [3.8, 4) is 17.0 Å². The fourth-order valence-corrected chi connectivity index (χ4v) is 6.18. The van der Waals surface area contributed by atoms with Crippen LogP contribution in [0.2, 0.25) is 0 Å². The number of carbonyl (C=O) groups is 3. The fourth-order valence-electron chi connectivity index (χ4n) is 4.53. The smallest absolute Gasteiger partial charge is 0.272 e. The molecule has 0 spiro atoms. The van der Waals surface area contributed by atoms with Gasteiger partial charge in [0, 0.05) is 46.9 Å². The van der Waals surface area contributed by atoms with Crippen molar-refractivity contribution in [1.29, 1.82) is 0 Å². The number of benzene rings is 4. The first-order valence-electron chi connectivity index (χ1n) is 15.0.